The second-order valence-corrected chi connectivity index (χ2v) is 6.45. The maximum Gasteiger partial charge on any atom is 0.321 e. The van der Waals surface area contributed by atoms with Crippen LogP contribution in [0.3, 0.4) is 0 Å². The van der Waals surface area contributed by atoms with Gasteiger partial charge in [0.2, 0.25) is 5.13 Å². The number of nitrogens with one attached hydrogen (secondary N) is 2. The second-order valence-electron chi connectivity index (χ2n) is 5.70. The van der Waals surface area contributed by atoms with Crippen molar-refractivity contribution in [3.05, 3.63) is 54.6 Å². The van der Waals surface area contributed by atoms with E-state index >= 15 is 0 Å². The zero-order valence-electron chi connectivity index (χ0n) is 13.5. The third-order valence-corrected chi connectivity index (χ3v) is 4.58. The van der Waals surface area contributed by atoms with Gasteiger partial charge < -0.3 is 10.6 Å². The molecule has 3 aromatic rings. The predicted octanol–water partition coefficient (Wildman–Crippen LogP) is 3.87. The number of hydrogen-bond acceptors (Lipinski definition) is 5. The van der Waals surface area contributed by atoms with Crippen molar-refractivity contribution in [2.75, 3.05) is 23.3 Å². The summed E-state index contributed by atoms with van der Waals surface area (Å²) >= 11 is 1.32. The Morgan fingerprint density at radius 1 is 1.12 bits per heavy atom. The number of aromatic nitrogens is 2. The molecule has 25 heavy (non-hydrogen) atoms. The first-order chi connectivity index (χ1) is 12.3. The molecule has 1 aliphatic heterocycles. The van der Waals surface area contributed by atoms with E-state index in [4.69, 9.17) is 0 Å². The van der Waals surface area contributed by atoms with Crippen LogP contribution in [-0.2, 0) is 0 Å². The summed E-state index contributed by atoms with van der Waals surface area (Å²) in [6.07, 6.45) is 0.945. The molecule has 0 aliphatic carbocycles. The van der Waals surface area contributed by atoms with Crippen molar-refractivity contribution < 1.29 is 4.79 Å². The van der Waals surface area contributed by atoms with Crippen molar-refractivity contribution in [1.29, 1.82) is 0 Å². The van der Waals surface area contributed by atoms with Crippen LogP contribution >= 0.6 is 11.5 Å². The van der Waals surface area contributed by atoms with Gasteiger partial charge in [0, 0.05) is 41.6 Å². The summed E-state index contributed by atoms with van der Waals surface area (Å²) in [5.74, 6) is 0.708. The standard InChI is InChI=1S/C18H17N5OS/c24-18-19-10-5-11-23(18)15-9-4-8-14(12-15)20-17-21-16(22-25-17)13-6-2-1-3-7-13/h1-4,6-9,12H,5,10-11H2,(H,19,24)(H,20,21,22). The van der Waals surface area contributed by atoms with E-state index in [9.17, 15) is 4.79 Å². The Hall–Kier alpha value is -2.93. The van der Waals surface area contributed by atoms with Gasteiger partial charge in [0.25, 0.3) is 0 Å². The quantitative estimate of drug-likeness (QED) is 0.749. The van der Waals surface area contributed by atoms with E-state index in [-0.39, 0.29) is 6.03 Å². The van der Waals surface area contributed by atoms with Crippen LogP contribution in [-0.4, -0.2) is 28.5 Å². The first-order valence-electron chi connectivity index (χ1n) is 8.11. The van der Waals surface area contributed by atoms with E-state index in [1.165, 1.54) is 11.5 Å². The van der Waals surface area contributed by atoms with Crippen LogP contribution in [0, 0.1) is 0 Å². The van der Waals surface area contributed by atoms with Gasteiger partial charge in [-0.25, -0.2) is 4.79 Å². The minimum Gasteiger partial charge on any atom is -0.338 e. The lowest BCUT2D eigenvalue weighted by molar-refractivity contribution is 0.243. The van der Waals surface area contributed by atoms with Crippen LogP contribution in [0.15, 0.2) is 54.6 Å². The van der Waals surface area contributed by atoms with Gasteiger partial charge in [-0.3, -0.25) is 4.90 Å². The summed E-state index contributed by atoms with van der Waals surface area (Å²) in [7, 11) is 0. The Morgan fingerprint density at radius 2 is 2.00 bits per heavy atom. The fraction of sp³-hybridized carbons (Fsp3) is 0.167. The predicted molar refractivity (Wildman–Crippen MR) is 100 cm³/mol. The third kappa shape index (κ3) is 3.46. The van der Waals surface area contributed by atoms with Gasteiger partial charge in [0.05, 0.1) is 0 Å². The first kappa shape index (κ1) is 15.6. The summed E-state index contributed by atoms with van der Waals surface area (Å²) < 4.78 is 4.40. The molecule has 2 heterocycles. The highest BCUT2D eigenvalue weighted by Crippen LogP contribution is 2.26. The van der Waals surface area contributed by atoms with Crippen LogP contribution in [0.25, 0.3) is 11.4 Å². The number of benzene rings is 2. The first-order valence-corrected chi connectivity index (χ1v) is 8.88. The topological polar surface area (TPSA) is 70.2 Å². The van der Waals surface area contributed by atoms with Gasteiger partial charge in [0.1, 0.15) is 0 Å². The van der Waals surface area contributed by atoms with Crippen molar-refractivity contribution in [2.24, 2.45) is 0 Å². The molecule has 0 saturated carbocycles. The van der Waals surface area contributed by atoms with E-state index in [2.05, 4.69) is 20.0 Å². The Bertz CT molecular complexity index is 880. The largest absolute Gasteiger partial charge is 0.338 e. The van der Waals surface area contributed by atoms with Gasteiger partial charge in [0.15, 0.2) is 5.82 Å². The van der Waals surface area contributed by atoms with Crippen molar-refractivity contribution in [3.8, 4) is 11.4 Å². The average molecular weight is 351 g/mol. The van der Waals surface area contributed by atoms with Gasteiger partial charge in [-0.1, -0.05) is 36.4 Å². The van der Waals surface area contributed by atoms with Crippen molar-refractivity contribution in [1.82, 2.24) is 14.7 Å². The molecule has 1 aromatic heterocycles. The summed E-state index contributed by atoms with van der Waals surface area (Å²) in [6, 6.07) is 17.6. The molecule has 0 spiro atoms. The van der Waals surface area contributed by atoms with Gasteiger partial charge in [-0.2, -0.15) is 9.36 Å². The lowest BCUT2D eigenvalue weighted by Crippen LogP contribution is -2.46. The Balaban J connectivity index is 1.53. The summed E-state index contributed by atoms with van der Waals surface area (Å²) in [5, 5.41) is 6.86. The number of urea groups is 1. The highest BCUT2D eigenvalue weighted by atomic mass is 32.1. The van der Waals surface area contributed by atoms with Gasteiger partial charge >= 0.3 is 6.03 Å². The fourth-order valence-electron chi connectivity index (χ4n) is 2.73. The van der Waals surface area contributed by atoms with E-state index < -0.39 is 0 Å². The molecule has 2 amide bonds. The highest BCUT2D eigenvalue weighted by Gasteiger charge is 2.19. The van der Waals surface area contributed by atoms with E-state index in [1.54, 1.807) is 4.90 Å². The molecule has 1 fully saturated rings. The Labute approximate surface area is 149 Å². The molecule has 7 heteroatoms. The molecular weight excluding hydrogens is 334 g/mol. The zero-order chi connectivity index (χ0) is 17.1. The molecule has 0 bridgehead atoms. The molecule has 0 atom stereocenters. The molecule has 0 radical (unpaired) electrons. The summed E-state index contributed by atoms with van der Waals surface area (Å²) in [5.41, 5.74) is 2.74. The lowest BCUT2D eigenvalue weighted by Gasteiger charge is -2.27. The van der Waals surface area contributed by atoms with Crippen LogP contribution in [0.4, 0.5) is 21.3 Å². The molecule has 126 valence electrons. The number of nitrogens with zero attached hydrogens (tertiary/aromatic N) is 3. The molecular formula is C18H17N5OS. The molecule has 2 aromatic carbocycles. The van der Waals surface area contributed by atoms with Crippen LogP contribution in [0.2, 0.25) is 0 Å². The fourth-order valence-corrected chi connectivity index (χ4v) is 3.34. The number of amides is 2. The molecule has 6 nitrogen and oxygen atoms in total. The van der Waals surface area contributed by atoms with Crippen LogP contribution < -0.4 is 15.5 Å². The normalized spacial score (nSPS) is 14.2. The minimum atomic E-state index is -0.0503. The average Bonchev–Trinajstić information content (AvgIpc) is 3.12. The molecule has 4 rings (SSSR count). The Morgan fingerprint density at radius 3 is 2.84 bits per heavy atom. The molecule has 0 unspecified atom stereocenters. The van der Waals surface area contributed by atoms with E-state index in [0.717, 1.165) is 41.6 Å². The molecule has 1 saturated heterocycles. The number of anilines is 3. The van der Waals surface area contributed by atoms with Crippen molar-refractivity contribution >= 4 is 34.1 Å². The summed E-state index contributed by atoms with van der Waals surface area (Å²) in [6.45, 7) is 1.46. The molecule has 1 aliphatic rings. The maximum atomic E-state index is 12.0. The zero-order valence-corrected chi connectivity index (χ0v) is 14.3. The van der Waals surface area contributed by atoms with Crippen molar-refractivity contribution in [3.63, 3.8) is 0 Å². The number of hydrogen-bond donors (Lipinski definition) is 2. The van der Waals surface area contributed by atoms with Crippen molar-refractivity contribution in [2.45, 2.75) is 6.42 Å². The van der Waals surface area contributed by atoms with Crippen LogP contribution in [0.1, 0.15) is 6.42 Å². The highest BCUT2D eigenvalue weighted by molar-refractivity contribution is 7.09. The SMILES string of the molecule is O=C1NCCCN1c1cccc(Nc2nc(-c3ccccc3)ns2)c1. The Kier molecular flexibility index (Phi) is 4.30. The van der Waals surface area contributed by atoms with Crippen LogP contribution in [0.5, 0.6) is 0 Å². The second kappa shape index (κ2) is 6.90. The monoisotopic (exact) mass is 351 g/mol. The van der Waals surface area contributed by atoms with Gasteiger partial charge in [-0.15, -0.1) is 0 Å². The summed E-state index contributed by atoms with van der Waals surface area (Å²) in [4.78, 5) is 18.3. The lowest BCUT2D eigenvalue weighted by atomic mass is 10.2. The van der Waals surface area contributed by atoms with E-state index in [0.29, 0.717) is 5.82 Å². The number of carbonyl (C=O) groups is 1. The maximum absolute atomic E-state index is 12.0. The number of carbonyl (C=O) groups excluding carboxylic acids is 1. The minimum absolute atomic E-state index is 0.0503. The van der Waals surface area contributed by atoms with Gasteiger partial charge in [-0.05, 0) is 24.6 Å². The number of rotatable bonds is 4. The van der Waals surface area contributed by atoms with E-state index in [1.807, 2.05) is 54.6 Å². The molecule has 2 N–H and O–H groups in total. The smallest absolute Gasteiger partial charge is 0.321 e. The third-order valence-electron chi connectivity index (χ3n) is 3.95.